The summed E-state index contributed by atoms with van der Waals surface area (Å²) in [5.41, 5.74) is -0.758. The van der Waals surface area contributed by atoms with Crippen LogP contribution in [0.15, 0.2) is 18.2 Å². The van der Waals surface area contributed by atoms with Crippen molar-refractivity contribution in [1.29, 1.82) is 0 Å². The summed E-state index contributed by atoms with van der Waals surface area (Å²) >= 11 is 0. The first kappa shape index (κ1) is 16.2. The Morgan fingerprint density at radius 2 is 1.20 bits per heavy atom. The molecular weight excluding hydrogens is 256 g/mol. The second kappa shape index (κ2) is 5.65. The minimum atomic E-state index is -0.590. The molecule has 0 aliphatic carbocycles. The molecular formula is C16H21O4. The predicted octanol–water partition coefficient (Wildman–Crippen LogP) is 3.40. The van der Waals surface area contributed by atoms with Gasteiger partial charge in [0, 0.05) is 6.07 Å². The monoisotopic (exact) mass is 277 g/mol. The van der Waals surface area contributed by atoms with Crippen LogP contribution in [-0.4, -0.2) is 23.1 Å². The number of esters is 2. The standard InChI is InChI=1S/C16H21O4/c1-15(2,3)19-13(17)11-8-7-9-12(10-11)14(18)20-16(4,5)6/h7-9H,1-6H3. The van der Waals surface area contributed by atoms with Gasteiger partial charge in [-0.05, 0) is 53.7 Å². The van der Waals surface area contributed by atoms with E-state index in [9.17, 15) is 9.59 Å². The summed E-state index contributed by atoms with van der Waals surface area (Å²) in [5, 5.41) is 0. The third kappa shape index (κ3) is 5.43. The van der Waals surface area contributed by atoms with Gasteiger partial charge in [-0.2, -0.15) is 0 Å². The lowest BCUT2D eigenvalue weighted by atomic mass is 10.1. The molecule has 0 saturated carbocycles. The highest BCUT2D eigenvalue weighted by molar-refractivity contribution is 5.95. The molecule has 1 aromatic rings. The Morgan fingerprint density at radius 1 is 0.850 bits per heavy atom. The van der Waals surface area contributed by atoms with Crippen molar-refractivity contribution in [3.8, 4) is 0 Å². The van der Waals surface area contributed by atoms with Crippen LogP contribution in [0.4, 0.5) is 0 Å². The minimum absolute atomic E-state index is 0.211. The fraction of sp³-hybridized carbons (Fsp3) is 0.500. The highest BCUT2D eigenvalue weighted by atomic mass is 16.6. The van der Waals surface area contributed by atoms with Gasteiger partial charge < -0.3 is 9.47 Å². The van der Waals surface area contributed by atoms with E-state index >= 15 is 0 Å². The van der Waals surface area contributed by atoms with Crippen molar-refractivity contribution in [3.63, 3.8) is 0 Å². The molecule has 0 bridgehead atoms. The molecule has 0 N–H and O–H groups in total. The molecule has 0 aromatic heterocycles. The summed E-state index contributed by atoms with van der Waals surface area (Å²) in [6.07, 6.45) is 0. The van der Waals surface area contributed by atoms with Gasteiger partial charge in [-0.25, -0.2) is 9.59 Å². The van der Waals surface area contributed by atoms with Gasteiger partial charge in [0.25, 0.3) is 0 Å². The molecule has 0 fully saturated rings. The van der Waals surface area contributed by atoms with Crippen LogP contribution in [0.25, 0.3) is 0 Å². The summed E-state index contributed by atoms with van der Waals surface area (Å²) in [4.78, 5) is 23.8. The number of rotatable bonds is 2. The van der Waals surface area contributed by atoms with Gasteiger partial charge in [-0.15, -0.1) is 0 Å². The molecule has 0 spiro atoms. The third-order valence-corrected chi connectivity index (χ3v) is 2.03. The van der Waals surface area contributed by atoms with Crippen LogP contribution in [0.5, 0.6) is 0 Å². The number of carbonyl (C=O) groups excluding carboxylic acids is 2. The number of hydrogen-bond acceptors (Lipinski definition) is 4. The Morgan fingerprint density at radius 3 is 1.50 bits per heavy atom. The molecule has 1 radical (unpaired) electrons. The molecule has 0 saturated heterocycles. The maximum atomic E-state index is 11.9. The summed E-state index contributed by atoms with van der Waals surface area (Å²) in [5.74, 6) is -1.02. The van der Waals surface area contributed by atoms with Crippen molar-refractivity contribution in [2.45, 2.75) is 52.7 Å². The van der Waals surface area contributed by atoms with E-state index in [-0.39, 0.29) is 11.1 Å². The Balaban J connectivity index is 2.91. The van der Waals surface area contributed by atoms with Crippen molar-refractivity contribution in [2.75, 3.05) is 0 Å². The van der Waals surface area contributed by atoms with Gasteiger partial charge in [0.05, 0.1) is 11.1 Å². The zero-order valence-electron chi connectivity index (χ0n) is 12.9. The highest BCUT2D eigenvalue weighted by Gasteiger charge is 2.21. The van der Waals surface area contributed by atoms with Gasteiger partial charge >= 0.3 is 11.9 Å². The van der Waals surface area contributed by atoms with Crippen molar-refractivity contribution >= 4 is 11.9 Å². The molecule has 0 amide bonds. The maximum absolute atomic E-state index is 11.9. The normalized spacial score (nSPS) is 11.9. The summed E-state index contributed by atoms with van der Waals surface area (Å²) < 4.78 is 10.5. The third-order valence-electron chi connectivity index (χ3n) is 2.03. The minimum Gasteiger partial charge on any atom is -0.456 e. The maximum Gasteiger partial charge on any atom is 0.339 e. The van der Waals surface area contributed by atoms with Gasteiger partial charge in [0.15, 0.2) is 0 Å². The number of benzene rings is 1. The van der Waals surface area contributed by atoms with E-state index < -0.39 is 23.1 Å². The van der Waals surface area contributed by atoms with E-state index in [2.05, 4.69) is 6.07 Å². The Labute approximate surface area is 120 Å². The van der Waals surface area contributed by atoms with Crippen molar-refractivity contribution < 1.29 is 19.1 Å². The van der Waals surface area contributed by atoms with Gasteiger partial charge in [-0.1, -0.05) is 6.07 Å². The molecule has 0 aliphatic heterocycles. The fourth-order valence-corrected chi connectivity index (χ4v) is 1.37. The molecule has 1 aromatic carbocycles. The van der Waals surface area contributed by atoms with E-state index in [1.165, 1.54) is 0 Å². The molecule has 20 heavy (non-hydrogen) atoms. The number of hydrogen-bond donors (Lipinski definition) is 0. The van der Waals surface area contributed by atoms with Gasteiger partial charge in [0.2, 0.25) is 0 Å². The second-order valence-electron chi connectivity index (χ2n) is 6.48. The van der Waals surface area contributed by atoms with Crippen LogP contribution < -0.4 is 0 Å². The van der Waals surface area contributed by atoms with E-state index in [1.54, 1.807) is 59.7 Å². The van der Waals surface area contributed by atoms with Crippen molar-refractivity contribution in [1.82, 2.24) is 0 Å². The fourth-order valence-electron chi connectivity index (χ4n) is 1.37. The lowest BCUT2D eigenvalue weighted by Crippen LogP contribution is -2.25. The SMILES string of the molecule is CC(C)(C)OC(=O)c1[c]c(C(=O)OC(C)(C)C)ccc1. The smallest absolute Gasteiger partial charge is 0.339 e. The molecule has 0 atom stereocenters. The van der Waals surface area contributed by atoms with Gasteiger partial charge in [-0.3, -0.25) is 0 Å². The first-order valence-corrected chi connectivity index (χ1v) is 6.47. The molecule has 0 heterocycles. The topological polar surface area (TPSA) is 52.6 Å². The van der Waals surface area contributed by atoms with Crippen LogP contribution in [0.3, 0.4) is 0 Å². The molecule has 4 heteroatoms. The van der Waals surface area contributed by atoms with E-state index in [1.807, 2.05) is 0 Å². The predicted molar refractivity (Wildman–Crippen MR) is 75.6 cm³/mol. The van der Waals surface area contributed by atoms with Crippen LogP contribution >= 0.6 is 0 Å². The Kier molecular flexibility index (Phi) is 4.58. The Hall–Kier alpha value is -1.84. The van der Waals surface area contributed by atoms with Crippen LogP contribution in [0.2, 0.25) is 0 Å². The van der Waals surface area contributed by atoms with Crippen LogP contribution in [0, 0.1) is 6.07 Å². The van der Waals surface area contributed by atoms with Crippen LogP contribution in [0.1, 0.15) is 62.3 Å². The molecule has 109 valence electrons. The molecule has 0 unspecified atom stereocenters. The van der Waals surface area contributed by atoms with Gasteiger partial charge in [0.1, 0.15) is 11.2 Å². The Bertz CT molecular complexity index is 461. The molecule has 4 nitrogen and oxygen atoms in total. The lowest BCUT2D eigenvalue weighted by molar-refractivity contribution is 0.00676. The average molecular weight is 277 g/mol. The highest BCUT2D eigenvalue weighted by Crippen LogP contribution is 2.15. The van der Waals surface area contributed by atoms with Crippen molar-refractivity contribution in [2.24, 2.45) is 0 Å². The first-order valence-electron chi connectivity index (χ1n) is 6.47. The molecule has 0 aliphatic rings. The first-order chi connectivity index (χ1) is 8.98. The largest absolute Gasteiger partial charge is 0.456 e. The molecule has 1 rings (SSSR count). The summed E-state index contributed by atoms with van der Waals surface area (Å²) in [6, 6.07) is 7.46. The average Bonchev–Trinajstić information content (AvgIpc) is 2.24. The van der Waals surface area contributed by atoms with Crippen molar-refractivity contribution in [3.05, 3.63) is 35.4 Å². The zero-order valence-corrected chi connectivity index (χ0v) is 12.9. The van der Waals surface area contributed by atoms with E-state index in [0.717, 1.165) is 0 Å². The van der Waals surface area contributed by atoms with E-state index in [4.69, 9.17) is 9.47 Å². The second-order valence-corrected chi connectivity index (χ2v) is 6.48. The summed E-state index contributed by atoms with van der Waals surface area (Å²) in [7, 11) is 0. The zero-order chi connectivity index (χ0) is 15.6. The number of carbonyl (C=O) groups is 2. The van der Waals surface area contributed by atoms with E-state index in [0.29, 0.717) is 0 Å². The lowest BCUT2D eigenvalue weighted by Gasteiger charge is -2.20. The van der Waals surface area contributed by atoms with Crippen LogP contribution in [-0.2, 0) is 9.47 Å². The summed E-state index contributed by atoms with van der Waals surface area (Å²) in [6.45, 7) is 10.7. The quantitative estimate of drug-likeness (QED) is 0.777. The number of ether oxygens (including phenoxy) is 2.